The van der Waals surface area contributed by atoms with Crippen LogP contribution < -0.4 is 10.6 Å². The summed E-state index contributed by atoms with van der Waals surface area (Å²) in [6, 6.07) is 24.2. The van der Waals surface area contributed by atoms with E-state index in [9.17, 15) is 8.42 Å². The molecule has 0 aliphatic carbocycles. The molecule has 0 spiro atoms. The number of halogens is 1. The van der Waals surface area contributed by atoms with Gasteiger partial charge in [0.25, 0.3) is 0 Å². The summed E-state index contributed by atoms with van der Waals surface area (Å²) in [7, 11) is -3.34. The van der Waals surface area contributed by atoms with Crippen molar-refractivity contribution in [2.75, 3.05) is 50.4 Å². The molecule has 1 aromatic heterocycles. The number of aryl methyl sites for hydroxylation is 1. The first-order chi connectivity index (χ1) is 21.8. The summed E-state index contributed by atoms with van der Waals surface area (Å²) in [4.78, 5) is 4.97. The Morgan fingerprint density at radius 2 is 1.67 bits per heavy atom. The van der Waals surface area contributed by atoms with Crippen LogP contribution in [0.1, 0.15) is 34.4 Å². The third kappa shape index (κ3) is 7.43. The van der Waals surface area contributed by atoms with Gasteiger partial charge in [0.05, 0.1) is 17.0 Å². The second-order valence-electron chi connectivity index (χ2n) is 11.7. The van der Waals surface area contributed by atoms with Crippen LogP contribution in [-0.4, -0.2) is 72.9 Å². The summed E-state index contributed by atoms with van der Waals surface area (Å²) in [5.41, 5.74) is 13.4. The molecule has 0 bridgehead atoms. The van der Waals surface area contributed by atoms with E-state index in [1.54, 1.807) is 4.31 Å². The predicted molar refractivity (Wildman–Crippen MR) is 182 cm³/mol. The monoisotopic (exact) mass is 642 g/mol. The minimum atomic E-state index is -3.34. The van der Waals surface area contributed by atoms with E-state index in [1.165, 1.54) is 11.9 Å². The molecule has 1 saturated heterocycles. The van der Waals surface area contributed by atoms with E-state index in [0.717, 1.165) is 79.3 Å². The van der Waals surface area contributed by atoms with Crippen LogP contribution in [0.3, 0.4) is 0 Å². The Morgan fingerprint density at radius 3 is 2.38 bits per heavy atom. The third-order valence-corrected chi connectivity index (χ3v) is 10.3. The van der Waals surface area contributed by atoms with E-state index in [2.05, 4.69) is 56.7 Å². The molecule has 2 aliphatic heterocycles. The Bertz CT molecular complexity index is 1800. The summed E-state index contributed by atoms with van der Waals surface area (Å²) in [6.45, 7) is 7.13. The smallest absolute Gasteiger partial charge is 0.211 e. The maximum atomic E-state index is 12.5. The van der Waals surface area contributed by atoms with Crippen LogP contribution in [0.2, 0.25) is 5.02 Å². The van der Waals surface area contributed by atoms with Crippen molar-refractivity contribution in [2.24, 2.45) is 5.73 Å². The van der Waals surface area contributed by atoms with Crippen molar-refractivity contribution in [1.82, 2.24) is 19.0 Å². The molecule has 4 aromatic rings. The SMILES string of the molecule is CS(=O)(=O)N1CCc2c(c(-c3ccc(Cl)c(C#Cc4ccc(CN)cc4)c3)nn2CCCN2CCN(c3ccccc3)CC2)C1. The van der Waals surface area contributed by atoms with Gasteiger partial charge in [-0.15, -0.1) is 0 Å². The molecular formula is C35H39ClN6O2S. The Morgan fingerprint density at radius 1 is 0.911 bits per heavy atom. The van der Waals surface area contributed by atoms with E-state index >= 15 is 0 Å². The van der Waals surface area contributed by atoms with Crippen LogP contribution in [0.5, 0.6) is 0 Å². The lowest BCUT2D eigenvalue weighted by molar-refractivity contribution is 0.248. The maximum Gasteiger partial charge on any atom is 0.211 e. The van der Waals surface area contributed by atoms with Gasteiger partial charge in [-0.05, 0) is 48.4 Å². The van der Waals surface area contributed by atoms with E-state index in [-0.39, 0.29) is 0 Å². The van der Waals surface area contributed by atoms with E-state index in [4.69, 9.17) is 22.4 Å². The zero-order valence-electron chi connectivity index (χ0n) is 25.6. The van der Waals surface area contributed by atoms with Gasteiger partial charge in [-0.1, -0.05) is 59.8 Å². The fraction of sp³-hybridized carbons (Fsp3) is 0.343. The van der Waals surface area contributed by atoms with Gasteiger partial charge in [-0.2, -0.15) is 9.40 Å². The van der Waals surface area contributed by atoms with Gasteiger partial charge in [-0.3, -0.25) is 9.58 Å². The fourth-order valence-corrected chi connectivity index (χ4v) is 7.06. The molecule has 45 heavy (non-hydrogen) atoms. The van der Waals surface area contributed by atoms with Gasteiger partial charge in [0.1, 0.15) is 0 Å². The predicted octanol–water partition coefficient (Wildman–Crippen LogP) is 4.59. The molecule has 3 heterocycles. The van der Waals surface area contributed by atoms with Crippen molar-refractivity contribution < 1.29 is 8.42 Å². The van der Waals surface area contributed by atoms with Gasteiger partial charge in [0.2, 0.25) is 10.0 Å². The molecule has 1 fully saturated rings. The molecule has 0 amide bonds. The number of aromatic nitrogens is 2. The molecule has 3 aromatic carbocycles. The second kappa shape index (κ2) is 13.8. The van der Waals surface area contributed by atoms with Crippen molar-refractivity contribution in [3.8, 4) is 23.1 Å². The van der Waals surface area contributed by atoms with Crippen molar-refractivity contribution in [2.45, 2.75) is 32.5 Å². The number of sulfonamides is 1. The van der Waals surface area contributed by atoms with Crippen LogP contribution >= 0.6 is 11.6 Å². The minimum Gasteiger partial charge on any atom is -0.369 e. The van der Waals surface area contributed by atoms with Gasteiger partial charge in [0, 0.05) is 99.0 Å². The number of hydrogen-bond donors (Lipinski definition) is 1. The highest BCUT2D eigenvalue weighted by Gasteiger charge is 2.30. The largest absolute Gasteiger partial charge is 0.369 e. The Labute approximate surface area is 271 Å². The molecule has 0 radical (unpaired) electrons. The molecule has 0 unspecified atom stereocenters. The summed E-state index contributed by atoms with van der Waals surface area (Å²) in [5, 5.41) is 5.64. The molecule has 8 nitrogen and oxygen atoms in total. The average Bonchev–Trinajstić information content (AvgIpc) is 3.43. The molecular weight excluding hydrogens is 604 g/mol. The summed E-state index contributed by atoms with van der Waals surface area (Å²) in [6.07, 6.45) is 2.87. The Kier molecular flexibility index (Phi) is 9.59. The average molecular weight is 643 g/mol. The first-order valence-corrected chi connectivity index (χ1v) is 17.7. The van der Waals surface area contributed by atoms with Gasteiger partial charge in [-0.25, -0.2) is 8.42 Å². The molecule has 0 saturated carbocycles. The fourth-order valence-electron chi connectivity index (χ4n) is 6.11. The quantitative estimate of drug-likeness (QED) is 0.283. The number of nitrogens with two attached hydrogens (primary N) is 1. The molecule has 6 rings (SSSR count). The number of fused-ring (bicyclic) bond motifs is 1. The number of benzene rings is 3. The zero-order valence-corrected chi connectivity index (χ0v) is 27.2. The lowest BCUT2D eigenvalue weighted by Crippen LogP contribution is -2.46. The van der Waals surface area contributed by atoms with Crippen LogP contribution in [0, 0.1) is 11.8 Å². The number of anilines is 1. The lowest BCUT2D eigenvalue weighted by atomic mass is 10.0. The molecule has 10 heteroatoms. The normalized spacial score (nSPS) is 15.8. The van der Waals surface area contributed by atoms with Crippen molar-refractivity contribution in [1.29, 1.82) is 0 Å². The van der Waals surface area contributed by atoms with Crippen LogP contribution in [0.4, 0.5) is 5.69 Å². The van der Waals surface area contributed by atoms with Crippen molar-refractivity contribution >= 4 is 27.3 Å². The van der Waals surface area contributed by atoms with Crippen molar-refractivity contribution in [3.05, 3.63) is 106 Å². The van der Waals surface area contributed by atoms with Crippen molar-refractivity contribution in [3.63, 3.8) is 0 Å². The molecule has 234 valence electrons. The summed E-state index contributed by atoms with van der Waals surface area (Å²) < 4.78 is 28.7. The molecule has 0 atom stereocenters. The Hall–Kier alpha value is -3.65. The first kappa shape index (κ1) is 31.3. The van der Waals surface area contributed by atoms with E-state index < -0.39 is 10.0 Å². The maximum absolute atomic E-state index is 12.5. The number of para-hydroxylation sites is 1. The second-order valence-corrected chi connectivity index (χ2v) is 14.1. The number of piperazine rings is 1. The van der Waals surface area contributed by atoms with Crippen LogP contribution in [0.25, 0.3) is 11.3 Å². The highest BCUT2D eigenvalue weighted by molar-refractivity contribution is 7.88. The van der Waals surface area contributed by atoms with Gasteiger partial charge in [0.15, 0.2) is 0 Å². The standard InChI is InChI=1S/C35H39ClN6O2S/c1-45(43,44)41-19-16-34-32(26-41)35(30-14-15-33(36)29(24-30)13-12-27-8-10-28(25-37)11-9-27)38-42(34)18-5-17-39-20-22-40(23-21-39)31-6-3-2-4-7-31/h2-4,6-11,14-15,24H,5,16-23,25-26,37H2,1H3. The van der Waals surface area contributed by atoms with Crippen LogP contribution in [0.15, 0.2) is 72.8 Å². The minimum absolute atomic E-state index is 0.308. The third-order valence-electron chi connectivity index (χ3n) is 8.68. The molecule has 2 aliphatic rings. The topological polar surface area (TPSA) is 87.7 Å². The Balaban J connectivity index is 1.20. The number of hydrogen-bond acceptors (Lipinski definition) is 6. The zero-order chi connectivity index (χ0) is 31.4. The highest BCUT2D eigenvalue weighted by Crippen LogP contribution is 2.33. The summed E-state index contributed by atoms with van der Waals surface area (Å²) in [5.74, 6) is 6.42. The van der Waals surface area contributed by atoms with E-state index in [1.807, 2.05) is 42.5 Å². The van der Waals surface area contributed by atoms with Crippen LogP contribution in [-0.2, 0) is 36.1 Å². The first-order valence-electron chi connectivity index (χ1n) is 15.5. The number of rotatable bonds is 8. The molecule has 2 N–H and O–H groups in total. The lowest BCUT2D eigenvalue weighted by Gasteiger charge is -2.36. The highest BCUT2D eigenvalue weighted by atomic mass is 35.5. The van der Waals surface area contributed by atoms with Gasteiger partial charge >= 0.3 is 0 Å². The van der Waals surface area contributed by atoms with E-state index in [0.29, 0.717) is 36.6 Å². The number of nitrogens with zero attached hydrogens (tertiary/aromatic N) is 5. The summed E-state index contributed by atoms with van der Waals surface area (Å²) >= 11 is 6.58. The van der Waals surface area contributed by atoms with Gasteiger partial charge < -0.3 is 10.6 Å².